The standard InChI is InChI=1S/C9H17NO/c11-9-4-3-8(7-9)10-5-1-2-6-10/h8-9,11H,1-7H2. The summed E-state index contributed by atoms with van der Waals surface area (Å²) in [5.74, 6) is 0. The van der Waals surface area contributed by atoms with Crippen molar-refractivity contribution < 1.29 is 5.11 Å². The molecule has 2 nitrogen and oxygen atoms in total. The molecule has 0 bridgehead atoms. The van der Waals surface area contributed by atoms with Crippen LogP contribution in [0.4, 0.5) is 0 Å². The minimum Gasteiger partial charge on any atom is -0.393 e. The number of hydrogen-bond acceptors (Lipinski definition) is 2. The Morgan fingerprint density at radius 3 is 2.36 bits per heavy atom. The minimum absolute atomic E-state index is 0.000556. The molecule has 2 heteroatoms. The fourth-order valence-electron chi connectivity index (χ4n) is 2.37. The fraction of sp³-hybridized carbons (Fsp3) is 1.00. The topological polar surface area (TPSA) is 23.5 Å². The lowest BCUT2D eigenvalue weighted by molar-refractivity contribution is 0.162. The van der Waals surface area contributed by atoms with Crippen molar-refractivity contribution in [1.29, 1.82) is 0 Å². The molecule has 1 saturated heterocycles. The van der Waals surface area contributed by atoms with E-state index in [9.17, 15) is 5.11 Å². The molecular weight excluding hydrogens is 138 g/mol. The molecule has 1 heterocycles. The number of nitrogens with zero attached hydrogens (tertiary/aromatic N) is 1. The lowest BCUT2D eigenvalue weighted by Gasteiger charge is -2.22. The summed E-state index contributed by atoms with van der Waals surface area (Å²) in [6.07, 6.45) is 6.02. The van der Waals surface area contributed by atoms with Crippen LogP contribution in [0.5, 0.6) is 0 Å². The van der Waals surface area contributed by atoms with Crippen LogP contribution in [-0.2, 0) is 0 Å². The van der Waals surface area contributed by atoms with Crippen molar-refractivity contribution >= 4 is 0 Å². The van der Waals surface area contributed by atoms with Gasteiger partial charge in [0.25, 0.3) is 0 Å². The van der Waals surface area contributed by atoms with Crippen LogP contribution in [0.15, 0.2) is 0 Å². The fourth-order valence-corrected chi connectivity index (χ4v) is 2.37. The third kappa shape index (κ3) is 1.57. The van der Waals surface area contributed by atoms with E-state index in [2.05, 4.69) is 4.90 Å². The predicted molar refractivity (Wildman–Crippen MR) is 44.5 cm³/mol. The summed E-state index contributed by atoms with van der Waals surface area (Å²) in [4.78, 5) is 2.55. The van der Waals surface area contributed by atoms with Crippen LogP contribution < -0.4 is 0 Å². The Morgan fingerprint density at radius 2 is 1.82 bits per heavy atom. The smallest absolute Gasteiger partial charge is 0.0555 e. The number of rotatable bonds is 1. The van der Waals surface area contributed by atoms with Gasteiger partial charge in [-0.2, -0.15) is 0 Å². The van der Waals surface area contributed by atoms with Gasteiger partial charge in [0.1, 0.15) is 0 Å². The van der Waals surface area contributed by atoms with E-state index in [1.807, 2.05) is 0 Å². The van der Waals surface area contributed by atoms with Gasteiger partial charge in [-0.25, -0.2) is 0 Å². The summed E-state index contributed by atoms with van der Waals surface area (Å²) in [6.45, 7) is 2.55. The highest BCUT2D eigenvalue weighted by atomic mass is 16.3. The molecule has 2 fully saturated rings. The first-order chi connectivity index (χ1) is 5.36. The maximum Gasteiger partial charge on any atom is 0.0555 e. The average Bonchev–Trinajstić information content (AvgIpc) is 2.55. The van der Waals surface area contributed by atoms with Gasteiger partial charge in [-0.1, -0.05) is 0 Å². The molecule has 11 heavy (non-hydrogen) atoms. The van der Waals surface area contributed by atoms with Gasteiger partial charge in [-0.05, 0) is 45.2 Å². The van der Waals surface area contributed by atoms with Crippen LogP contribution in [0, 0.1) is 0 Å². The van der Waals surface area contributed by atoms with Crippen molar-refractivity contribution in [2.24, 2.45) is 0 Å². The van der Waals surface area contributed by atoms with Gasteiger partial charge in [0, 0.05) is 6.04 Å². The lowest BCUT2D eigenvalue weighted by Crippen LogP contribution is -2.30. The third-order valence-electron chi connectivity index (χ3n) is 3.03. The monoisotopic (exact) mass is 155 g/mol. The van der Waals surface area contributed by atoms with Crippen LogP contribution in [0.25, 0.3) is 0 Å². The van der Waals surface area contributed by atoms with Crippen molar-refractivity contribution in [3.05, 3.63) is 0 Å². The summed E-state index contributed by atoms with van der Waals surface area (Å²) in [7, 11) is 0. The molecule has 0 amide bonds. The van der Waals surface area contributed by atoms with E-state index in [-0.39, 0.29) is 6.10 Å². The number of aliphatic hydroxyl groups excluding tert-OH is 1. The highest BCUT2D eigenvalue weighted by Crippen LogP contribution is 2.26. The number of aliphatic hydroxyl groups is 1. The Hall–Kier alpha value is -0.0800. The molecule has 2 rings (SSSR count). The third-order valence-corrected chi connectivity index (χ3v) is 3.03. The molecule has 2 atom stereocenters. The zero-order valence-corrected chi connectivity index (χ0v) is 7.00. The summed E-state index contributed by atoms with van der Waals surface area (Å²) in [5, 5.41) is 9.33. The maximum absolute atomic E-state index is 9.33. The maximum atomic E-state index is 9.33. The van der Waals surface area contributed by atoms with Crippen molar-refractivity contribution in [3.8, 4) is 0 Å². The summed E-state index contributed by atoms with van der Waals surface area (Å²) in [6, 6.07) is 0.715. The molecule has 1 aliphatic heterocycles. The van der Waals surface area contributed by atoms with Crippen LogP contribution in [0.1, 0.15) is 32.1 Å². The lowest BCUT2D eigenvalue weighted by atomic mass is 10.2. The van der Waals surface area contributed by atoms with Crippen molar-refractivity contribution in [1.82, 2.24) is 4.90 Å². The molecule has 1 aliphatic carbocycles. The van der Waals surface area contributed by atoms with Crippen LogP contribution >= 0.6 is 0 Å². The van der Waals surface area contributed by atoms with E-state index >= 15 is 0 Å². The van der Waals surface area contributed by atoms with Gasteiger partial charge < -0.3 is 10.0 Å². The van der Waals surface area contributed by atoms with Crippen molar-refractivity contribution in [3.63, 3.8) is 0 Å². The molecule has 0 aromatic carbocycles. The molecule has 0 aromatic rings. The van der Waals surface area contributed by atoms with Crippen LogP contribution in [0.2, 0.25) is 0 Å². The predicted octanol–water partition coefficient (Wildman–Crippen LogP) is 0.996. The van der Waals surface area contributed by atoms with Gasteiger partial charge >= 0.3 is 0 Å². The molecule has 2 aliphatic rings. The first-order valence-electron chi connectivity index (χ1n) is 4.78. The van der Waals surface area contributed by atoms with Gasteiger partial charge in [-0.3, -0.25) is 0 Å². The van der Waals surface area contributed by atoms with Crippen molar-refractivity contribution in [2.75, 3.05) is 13.1 Å². The first-order valence-corrected chi connectivity index (χ1v) is 4.78. The van der Waals surface area contributed by atoms with E-state index in [0.29, 0.717) is 6.04 Å². The second kappa shape index (κ2) is 3.11. The zero-order chi connectivity index (χ0) is 7.68. The SMILES string of the molecule is OC1CCC(N2CCCC2)C1. The Labute approximate surface area is 68.2 Å². The van der Waals surface area contributed by atoms with Gasteiger partial charge in [0.15, 0.2) is 0 Å². The van der Waals surface area contributed by atoms with E-state index < -0.39 is 0 Å². The van der Waals surface area contributed by atoms with E-state index in [4.69, 9.17) is 0 Å². The van der Waals surface area contributed by atoms with Crippen molar-refractivity contribution in [2.45, 2.75) is 44.2 Å². The molecule has 0 spiro atoms. The Bertz CT molecular complexity index is 132. The molecule has 64 valence electrons. The summed E-state index contributed by atoms with van der Waals surface area (Å²) < 4.78 is 0. The molecule has 2 unspecified atom stereocenters. The Kier molecular flexibility index (Phi) is 2.14. The van der Waals surface area contributed by atoms with E-state index in [1.54, 1.807) is 0 Å². The number of hydrogen-bond donors (Lipinski definition) is 1. The Morgan fingerprint density at radius 1 is 1.09 bits per heavy atom. The van der Waals surface area contributed by atoms with Gasteiger partial charge in [-0.15, -0.1) is 0 Å². The molecule has 1 saturated carbocycles. The zero-order valence-electron chi connectivity index (χ0n) is 7.00. The second-order valence-corrected chi connectivity index (χ2v) is 3.86. The molecule has 0 aromatic heterocycles. The average molecular weight is 155 g/mol. The molecule has 0 radical (unpaired) electrons. The second-order valence-electron chi connectivity index (χ2n) is 3.86. The number of likely N-dealkylation sites (tertiary alicyclic amines) is 1. The van der Waals surface area contributed by atoms with Crippen LogP contribution in [0.3, 0.4) is 0 Å². The summed E-state index contributed by atoms with van der Waals surface area (Å²) in [5.41, 5.74) is 0. The molecular formula is C9H17NO. The van der Waals surface area contributed by atoms with Gasteiger partial charge in [0.2, 0.25) is 0 Å². The highest BCUT2D eigenvalue weighted by molar-refractivity contribution is 4.84. The minimum atomic E-state index is 0.000556. The van der Waals surface area contributed by atoms with E-state index in [0.717, 1.165) is 12.8 Å². The quantitative estimate of drug-likeness (QED) is 0.610. The van der Waals surface area contributed by atoms with E-state index in [1.165, 1.54) is 32.4 Å². The highest BCUT2D eigenvalue weighted by Gasteiger charge is 2.29. The Balaban J connectivity index is 1.85. The largest absolute Gasteiger partial charge is 0.393 e. The molecule has 1 N–H and O–H groups in total. The van der Waals surface area contributed by atoms with Crippen LogP contribution in [-0.4, -0.2) is 35.2 Å². The summed E-state index contributed by atoms with van der Waals surface area (Å²) >= 11 is 0. The normalized spacial score (nSPS) is 40.1. The van der Waals surface area contributed by atoms with Gasteiger partial charge in [0.05, 0.1) is 6.10 Å². The first kappa shape index (κ1) is 7.56.